The summed E-state index contributed by atoms with van der Waals surface area (Å²) in [4.78, 5) is 28.0. The maximum Gasteiger partial charge on any atom is 0.279 e. The van der Waals surface area contributed by atoms with E-state index in [1.165, 1.54) is 6.20 Å². The molecule has 0 aliphatic carbocycles. The zero-order valence-corrected chi connectivity index (χ0v) is 14.2. The first kappa shape index (κ1) is 17.5. The maximum atomic E-state index is 12.1. The molecular weight excluding hydrogens is 306 g/mol. The Morgan fingerprint density at radius 3 is 2.50 bits per heavy atom. The van der Waals surface area contributed by atoms with Crippen LogP contribution in [-0.2, 0) is 4.79 Å². The van der Waals surface area contributed by atoms with Gasteiger partial charge in [0.25, 0.3) is 11.8 Å². The first-order chi connectivity index (χ1) is 11.4. The number of rotatable bonds is 4. The number of pyridine rings is 1. The summed E-state index contributed by atoms with van der Waals surface area (Å²) in [5.74, 6) is -0.231. The van der Waals surface area contributed by atoms with Crippen molar-refractivity contribution in [2.24, 2.45) is 0 Å². The Hall–Kier alpha value is -2.89. The van der Waals surface area contributed by atoms with Gasteiger partial charge in [-0.15, -0.1) is 0 Å². The molecule has 6 nitrogen and oxygen atoms in total. The van der Waals surface area contributed by atoms with Crippen LogP contribution in [0.15, 0.2) is 36.5 Å². The van der Waals surface area contributed by atoms with Crippen molar-refractivity contribution in [2.45, 2.75) is 33.8 Å². The molecule has 0 bridgehead atoms. The number of carbonyl (C=O) groups is 2. The van der Waals surface area contributed by atoms with E-state index in [4.69, 9.17) is 4.74 Å². The lowest BCUT2D eigenvalue weighted by molar-refractivity contribution is -0.128. The molecule has 0 saturated carbocycles. The molecule has 6 heteroatoms. The Labute approximate surface area is 141 Å². The normalized spacial score (nSPS) is 11.5. The summed E-state index contributed by atoms with van der Waals surface area (Å²) in [5, 5.41) is 0. The molecule has 1 aromatic carbocycles. The molecule has 1 atom stereocenters. The zero-order chi connectivity index (χ0) is 17.7. The summed E-state index contributed by atoms with van der Waals surface area (Å²) >= 11 is 0. The predicted molar refractivity (Wildman–Crippen MR) is 90.6 cm³/mol. The minimum Gasteiger partial charge on any atom is -0.481 e. The molecule has 0 fully saturated rings. The average molecular weight is 327 g/mol. The SMILES string of the molecule is Cc1ccc(C(=O)NNC(=O)C(C)Oc2cccc(C)c2C)cn1. The van der Waals surface area contributed by atoms with Crippen molar-refractivity contribution in [3.63, 3.8) is 0 Å². The van der Waals surface area contributed by atoms with E-state index >= 15 is 0 Å². The Morgan fingerprint density at radius 2 is 1.83 bits per heavy atom. The first-order valence-electron chi connectivity index (χ1n) is 7.64. The van der Waals surface area contributed by atoms with Crippen LogP contribution < -0.4 is 15.6 Å². The number of aromatic nitrogens is 1. The highest BCUT2D eigenvalue weighted by Crippen LogP contribution is 2.21. The van der Waals surface area contributed by atoms with Gasteiger partial charge in [0.05, 0.1) is 5.56 Å². The summed E-state index contributed by atoms with van der Waals surface area (Å²) in [7, 11) is 0. The third-order valence-electron chi connectivity index (χ3n) is 3.70. The Kier molecular flexibility index (Phi) is 5.52. The van der Waals surface area contributed by atoms with E-state index in [0.717, 1.165) is 16.8 Å². The molecule has 2 aromatic rings. The van der Waals surface area contributed by atoms with Crippen molar-refractivity contribution >= 4 is 11.8 Å². The van der Waals surface area contributed by atoms with E-state index in [0.29, 0.717) is 11.3 Å². The third-order valence-corrected chi connectivity index (χ3v) is 3.70. The molecule has 0 aliphatic heterocycles. The lowest BCUT2D eigenvalue weighted by Gasteiger charge is -2.17. The summed E-state index contributed by atoms with van der Waals surface area (Å²) in [6, 6.07) is 9.02. The number of nitrogens with zero attached hydrogens (tertiary/aromatic N) is 1. The highest BCUT2D eigenvalue weighted by Gasteiger charge is 2.17. The minimum absolute atomic E-state index is 0.365. The number of ether oxygens (including phenoxy) is 1. The first-order valence-corrected chi connectivity index (χ1v) is 7.64. The van der Waals surface area contributed by atoms with Crippen LogP contribution in [0.25, 0.3) is 0 Å². The summed E-state index contributed by atoms with van der Waals surface area (Å²) in [5.41, 5.74) is 7.95. The Bertz CT molecular complexity index is 742. The maximum absolute atomic E-state index is 12.1. The number of hydrogen-bond acceptors (Lipinski definition) is 4. The molecular formula is C18H21N3O3. The second-order valence-corrected chi connectivity index (χ2v) is 5.59. The van der Waals surface area contributed by atoms with Crippen LogP contribution in [0.1, 0.15) is 34.1 Å². The van der Waals surface area contributed by atoms with Gasteiger partial charge < -0.3 is 4.74 Å². The molecule has 0 aliphatic rings. The molecule has 2 N–H and O–H groups in total. The predicted octanol–water partition coefficient (Wildman–Crippen LogP) is 2.24. The second-order valence-electron chi connectivity index (χ2n) is 5.59. The molecule has 0 radical (unpaired) electrons. The van der Waals surface area contributed by atoms with Gasteiger partial charge in [-0.1, -0.05) is 12.1 Å². The lowest BCUT2D eigenvalue weighted by Crippen LogP contribution is -2.47. The van der Waals surface area contributed by atoms with Gasteiger partial charge in [-0.3, -0.25) is 25.4 Å². The number of hydrogen-bond donors (Lipinski definition) is 2. The van der Waals surface area contributed by atoms with Crippen LogP contribution in [0, 0.1) is 20.8 Å². The molecule has 0 spiro atoms. The largest absolute Gasteiger partial charge is 0.481 e. The summed E-state index contributed by atoms with van der Waals surface area (Å²) < 4.78 is 5.67. The summed E-state index contributed by atoms with van der Waals surface area (Å²) in [6.45, 7) is 7.36. The van der Waals surface area contributed by atoms with Crippen molar-refractivity contribution in [1.29, 1.82) is 0 Å². The van der Waals surface area contributed by atoms with Gasteiger partial charge in [-0.05, 0) is 57.0 Å². The molecule has 1 aromatic heterocycles. The van der Waals surface area contributed by atoms with Crippen molar-refractivity contribution < 1.29 is 14.3 Å². The van der Waals surface area contributed by atoms with E-state index in [-0.39, 0.29) is 0 Å². The van der Waals surface area contributed by atoms with E-state index in [2.05, 4.69) is 15.8 Å². The molecule has 1 unspecified atom stereocenters. The fourth-order valence-electron chi connectivity index (χ4n) is 1.99. The van der Waals surface area contributed by atoms with E-state index < -0.39 is 17.9 Å². The summed E-state index contributed by atoms with van der Waals surface area (Å²) in [6.07, 6.45) is 0.703. The average Bonchev–Trinajstić information content (AvgIpc) is 2.57. The van der Waals surface area contributed by atoms with E-state index in [9.17, 15) is 9.59 Å². The highest BCUT2D eigenvalue weighted by atomic mass is 16.5. The van der Waals surface area contributed by atoms with Gasteiger partial charge >= 0.3 is 0 Å². The number of nitrogens with one attached hydrogen (secondary N) is 2. The van der Waals surface area contributed by atoms with Crippen LogP contribution in [0.3, 0.4) is 0 Å². The number of aryl methyl sites for hydroxylation is 2. The van der Waals surface area contributed by atoms with Gasteiger partial charge in [0, 0.05) is 11.9 Å². The van der Waals surface area contributed by atoms with Crippen LogP contribution in [0.2, 0.25) is 0 Å². The van der Waals surface area contributed by atoms with Crippen molar-refractivity contribution in [3.05, 3.63) is 58.9 Å². The van der Waals surface area contributed by atoms with Crippen molar-refractivity contribution in [2.75, 3.05) is 0 Å². The van der Waals surface area contributed by atoms with E-state index in [1.807, 2.05) is 39.0 Å². The number of hydrazine groups is 1. The monoisotopic (exact) mass is 327 g/mol. The number of carbonyl (C=O) groups excluding carboxylic acids is 2. The highest BCUT2D eigenvalue weighted by molar-refractivity contribution is 5.95. The topological polar surface area (TPSA) is 80.3 Å². The lowest BCUT2D eigenvalue weighted by atomic mass is 10.1. The van der Waals surface area contributed by atoms with Gasteiger partial charge in [0.15, 0.2) is 6.10 Å². The van der Waals surface area contributed by atoms with Gasteiger partial charge in [0.2, 0.25) is 0 Å². The van der Waals surface area contributed by atoms with Gasteiger partial charge in [-0.2, -0.15) is 0 Å². The van der Waals surface area contributed by atoms with Crippen molar-refractivity contribution in [1.82, 2.24) is 15.8 Å². The molecule has 2 rings (SSSR count). The number of benzene rings is 1. The molecule has 24 heavy (non-hydrogen) atoms. The minimum atomic E-state index is -0.748. The van der Waals surface area contributed by atoms with Crippen molar-refractivity contribution in [3.8, 4) is 5.75 Å². The molecule has 1 heterocycles. The molecule has 2 amide bonds. The Morgan fingerprint density at radius 1 is 1.08 bits per heavy atom. The van der Waals surface area contributed by atoms with Crippen LogP contribution in [0.4, 0.5) is 0 Å². The van der Waals surface area contributed by atoms with Crippen LogP contribution >= 0.6 is 0 Å². The van der Waals surface area contributed by atoms with Crippen LogP contribution in [-0.4, -0.2) is 22.9 Å². The van der Waals surface area contributed by atoms with E-state index in [1.54, 1.807) is 19.1 Å². The third kappa shape index (κ3) is 4.32. The molecule has 126 valence electrons. The number of amides is 2. The molecule has 0 saturated heterocycles. The quantitative estimate of drug-likeness (QED) is 0.844. The smallest absolute Gasteiger partial charge is 0.279 e. The van der Waals surface area contributed by atoms with Gasteiger partial charge in [-0.25, -0.2) is 0 Å². The second kappa shape index (κ2) is 7.59. The fraction of sp³-hybridized carbons (Fsp3) is 0.278. The Balaban J connectivity index is 1.91. The van der Waals surface area contributed by atoms with Gasteiger partial charge in [0.1, 0.15) is 5.75 Å². The standard InChI is InChI=1S/C18H21N3O3/c1-11-6-5-7-16(13(11)3)24-14(4)17(22)20-21-18(23)15-9-8-12(2)19-10-15/h5-10,14H,1-4H3,(H,20,22)(H,21,23). The zero-order valence-electron chi connectivity index (χ0n) is 14.2. The van der Waals surface area contributed by atoms with Crippen LogP contribution in [0.5, 0.6) is 5.75 Å². The fourth-order valence-corrected chi connectivity index (χ4v) is 1.99.